The molecule has 0 amide bonds. The van der Waals surface area contributed by atoms with E-state index in [4.69, 9.17) is 9.15 Å². The Balaban J connectivity index is 2.35. The summed E-state index contributed by atoms with van der Waals surface area (Å²) in [5.41, 5.74) is 1.26. The SMILES string of the molecule is CCOCCN(C)Cc1ccoc1CNCC(C)C. The molecule has 1 N–H and O–H groups in total. The second-order valence-electron chi connectivity index (χ2n) is 5.33. The first-order chi connectivity index (χ1) is 9.13. The number of likely N-dealkylation sites (N-methyl/N-ethyl adjacent to an activating group) is 1. The summed E-state index contributed by atoms with van der Waals surface area (Å²) in [5, 5.41) is 3.42. The molecule has 0 aromatic carbocycles. The van der Waals surface area contributed by atoms with E-state index in [2.05, 4.69) is 37.2 Å². The smallest absolute Gasteiger partial charge is 0.122 e. The molecule has 0 unspecified atom stereocenters. The van der Waals surface area contributed by atoms with Crippen molar-refractivity contribution in [2.24, 2.45) is 5.92 Å². The van der Waals surface area contributed by atoms with Gasteiger partial charge in [-0.15, -0.1) is 0 Å². The van der Waals surface area contributed by atoms with Gasteiger partial charge in [0.1, 0.15) is 5.76 Å². The fourth-order valence-corrected chi connectivity index (χ4v) is 1.87. The molecule has 0 aliphatic rings. The van der Waals surface area contributed by atoms with Crippen LogP contribution in [0.5, 0.6) is 0 Å². The zero-order valence-electron chi connectivity index (χ0n) is 12.7. The number of rotatable bonds is 10. The second-order valence-corrected chi connectivity index (χ2v) is 5.33. The van der Waals surface area contributed by atoms with Crippen molar-refractivity contribution in [3.63, 3.8) is 0 Å². The van der Waals surface area contributed by atoms with E-state index in [1.54, 1.807) is 6.26 Å². The lowest BCUT2D eigenvalue weighted by Crippen LogP contribution is -2.24. The van der Waals surface area contributed by atoms with Gasteiger partial charge in [0.25, 0.3) is 0 Å². The van der Waals surface area contributed by atoms with Gasteiger partial charge in [0.05, 0.1) is 19.4 Å². The van der Waals surface area contributed by atoms with Crippen molar-refractivity contribution in [2.75, 3.05) is 33.4 Å². The van der Waals surface area contributed by atoms with Crippen LogP contribution in [-0.2, 0) is 17.8 Å². The molecule has 0 spiro atoms. The van der Waals surface area contributed by atoms with Gasteiger partial charge in [0.2, 0.25) is 0 Å². The summed E-state index contributed by atoms with van der Waals surface area (Å²) < 4.78 is 10.9. The average molecular weight is 268 g/mol. The fourth-order valence-electron chi connectivity index (χ4n) is 1.87. The van der Waals surface area contributed by atoms with Gasteiger partial charge >= 0.3 is 0 Å². The van der Waals surface area contributed by atoms with Crippen molar-refractivity contribution in [2.45, 2.75) is 33.9 Å². The molecular formula is C15H28N2O2. The maximum absolute atomic E-state index is 5.55. The predicted molar refractivity (Wildman–Crippen MR) is 78.1 cm³/mol. The Morgan fingerprint density at radius 2 is 2.21 bits per heavy atom. The zero-order chi connectivity index (χ0) is 14.1. The molecule has 110 valence electrons. The van der Waals surface area contributed by atoms with Crippen molar-refractivity contribution in [3.05, 3.63) is 23.7 Å². The lowest BCUT2D eigenvalue weighted by atomic mass is 10.2. The molecule has 0 aliphatic carbocycles. The van der Waals surface area contributed by atoms with Gasteiger partial charge in [0, 0.05) is 25.3 Å². The van der Waals surface area contributed by atoms with Crippen LogP contribution in [0.2, 0.25) is 0 Å². The van der Waals surface area contributed by atoms with Gasteiger partial charge in [-0.25, -0.2) is 0 Å². The Bertz CT molecular complexity index is 337. The van der Waals surface area contributed by atoms with E-state index in [0.717, 1.165) is 45.2 Å². The molecule has 0 bridgehead atoms. The summed E-state index contributed by atoms with van der Waals surface area (Å²) in [4.78, 5) is 2.26. The molecule has 1 heterocycles. The number of ether oxygens (including phenoxy) is 1. The maximum atomic E-state index is 5.55. The standard InChI is InChI=1S/C15H28N2O2/c1-5-18-9-7-17(4)12-14-6-8-19-15(14)11-16-10-13(2)3/h6,8,13,16H,5,7,9-12H2,1-4H3. The van der Waals surface area contributed by atoms with Gasteiger partial charge in [0.15, 0.2) is 0 Å². The summed E-state index contributed by atoms with van der Waals surface area (Å²) in [7, 11) is 2.11. The first kappa shape index (κ1) is 16.2. The highest BCUT2D eigenvalue weighted by Gasteiger charge is 2.09. The van der Waals surface area contributed by atoms with Crippen LogP contribution < -0.4 is 5.32 Å². The summed E-state index contributed by atoms with van der Waals surface area (Å²) in [5.74, 6) is 1.70. The highest BCUT2D eigenvalue weighted by Crippen LogP contribution is 2.12. The summed E-state index contributed by atoms with van der Waals surface area (Å²) in [6, 6.07) is 2.06. The van der Waals surface area contributed by atoms with Crippen LogP contribution in [0.3, 0.4) is 0 Å². The molecule has 19 heavy (non-hydrogen) atoms. The Kier molecular flexibility index (Phi) is 7.79. The first-order valence-corrected chi connectivity index (χ1v) is 7.15. The number of hydrogen-bond acceptors (Lipinski definition) is 4. The lowest BCUT2D eigenvalue weighted by molar-refractivity contribution is 0.120. The minimum atomic E-state index is 0.660. The van der Waals surface area contributed by atoms with E-state index in [1.807, 2.05) is 6.92 Å². The van der Waals surface area contributed by atoms with E-state index in [1.165, 1.54) is 5.56 Å². The zero-order valence-corrected chi connectivity index (χ0v) is 12.7. The molecular weight excluding hydrogens is 240 g/mol. The van der Waals surface area contributed by atoms with Crippen molar-refractivity contribution in [3.8, 4) is 0 Å². The minimum absolute atomic E-state index is 0.660. The predicted octanol–water partition coefficient (Wildman–Crippen LogP) is 2.49. The van der Waals surface area contributed by atoms with Gasteiger partial charge < -0.3 is 14.5 Å². The van der Waals surface area contributed by atoms with Crippen molar-refractivity contribution < 1.29 is 9.15 Å². The van der Waals surface area contributed by atoms with Crippen LogP contribution in [0, 0.1) is 5.92 Å². The molecule has 1 rings (SSSR count). The Hall–Kier alpha value is -0.840. The fraction of sp³-hybridized carbons (Fsp3) is 0.733. The third-order valence-electron chi connectivity index (χ3n) is 2.94. The van der Waals surface area contributed by atoms with Crippen LogP contribution >= 0.6 is 0 Å². The molecule has 0 saturated heterocycles. The third-order valence-corrected chi connectivity index (χ3v) is 2.94. The molecule has 1 aromatic heterocycles. The van der Waals surface area contributed by atoms with Gasteiger partial charge in [-0.1, -0.05) is 13.8 Å². The van der Waals surface area contributed by atoms with Crippen LogP contribution in [0.1, 0.15) is 32.1 Å². The van der Waals surface area contributed by atoms with E-state index in [9.17, 15) is 0 Å². The van der Waals surface area contributed by atoms with E-state index in [-0.39, 0.29) is 0 Å². The summed E-state index contributed by atoms with van der Waals surface area (Å²) in [6.07, 6.45) is 1.78. The number of hydrogen-bond donors (Lipinski definition) is 1. The largest absolute Gasteiger partial charge is 0.468 e. The van der Waals surface area contributed by atoms with Crippen LogP contribution in [-0.4, -0.2) is 38.3 Å². The van der Waals surface area contributed by atoms with Gasteiger partial charge in [-0.2, -0.15) is 0 Å². The second kappa shape index (κ2) is 9.13. The lowest BCUT2D eigenvalue weighted by Gasteiger charge is -2.16. The molecule has 0 aliphatic heterocycles. The van der Waals surface area contributed by atoms with Crippen LogP contribution in [0.15, 0.2) is 16.7 Å². The average Bonchev–Trinajstić information content (AvgIpc) is 2.76. The Labute approximate surface area is 117 Å². The van der Waals surface area contributed by atoms with E-state index >= 15 is 0 Å². The topological polar surface area (TPSA) is 37.6 Å². The Morgan fingerprint density at radius 1 is 1.42 bits per heavy atom. The molecule has 4 nitrogen and oxygen atoms in total. The molecule has 0 fully saturated rings. The normalized spacial score (nSPS) is 11.7. The highest BCUT2D eigenvalue weighted by molar-refractivity contribution is 5.16. The van der Waals surface area contributed by atoms with Crippen molar-refractivity contribution >= 4 is 0 Å². The Morgan fingerprint density at radius 3 is 2.89 bits per heavy atom. The highest BCUT2D eigenvalue weighted by atomic mass is 16.5. The first-order valence-electron chi connectivity index (χ1n) is 7.15. The number of nitrogens with zero attached hydrogens (tertiary/aromatic N) is 1. The number of furan rings is 1. The number of nitrogens with one attached hydrogen (secondary N) is 1. The quantitative estimate of drug-likeness (QED) is 0.662. The summed E-state index contributed by atoms with van der Waals surface area (Å²) in [6.45, 7) is 11.7. The molecule has 0 atom stereocenters. The monoisotopic (exact) mass is 268 g/mol. The molecule has 0 saturated carbocycles. The third kappa shape index (κ3) is 6.76. The van der Waals surface area contributed by atoms with Crippen LogP contribution in [0.4, 0.5) is 0 Å². The van der Waals surface area contributed by atoms with Crippen molar-refractivity contribution in [1.82, 2.24) is 10.2 Å². The van der Waals surface area contributed by atoms with Gasteiger partial charge in [-0.05, 0) is 32.5 Å². The maximum Gasteiger partial charge on any atom is 0.122 e. The molecule has 4 heteroatoms. The van der Waals surface area contributed by atoms with Crippen molar-refractivity contribution in [1.29, 1.82) is 0 Å². The van der Waals surface area contributed by atoms with E-state index in [0.29, 0.717) is 5.92 Å². The minimum Gasteiger partial charge on any atom is -0.468 e. The molecule has 1 aromatic rings. The summed E-state index contributed by atoms with van der Waals surface area (Å²) >= 11 is 0. The van der Waals surface area contributed by atoms with Crippen LogP contribution in [0.25, 0.3) is 0 Å². The van der Waals surface area contributed by atoms with E-state index < -0.39 is 0 Å². The molecule has 0 radical (unpaired) electrons. The van der Waals surface area contributed by atoms with Gasteiger partial charge in [-0.3, -0.25) is 4.90 Å².